The van der Waals surface area contributed by atoms with Crippen molar-refractivity contribution in [2.75, 3.05) is 6.61 Å². The molecule has 0 saturated carbocycles. The van der Waals surface area contributed by atoms with E-state index in [9.17, 15) is 18.0 Å². The van der Waals surface area contributed by atoms with Crippen molar-refractivity contribution >= 4 is 5.97 Å². The Labute approximate surface area is 115 Å². The van der Waals surface area contributed by atoms with Crippen LogP contribution in [0.4, 0.5) is 13.2 Å². The van der Waals surface area contributed by atoms with Crippen LogP contribution in [0.3, 0.4) is 0 Å². The van der Waals surface area contributed by atoms with Crippen LogP contribution in [-0.2, 0) is 15.7 Å². The van der Waals surface area contributed by atoms with E-state index in [1.807, 2.05) is 0 Å². The number of rotatable bonds is 4. The summed E-state index contributed by atoms with van der Waals surface area (Å²) < 4.78 is 42.2. The molecule has 1 unspecified atom stereocenters. The number of aromatic nitrogens is 1. The van der Waals surface area contributed by atoms with Crippen LogP contribution in [0.1, 0.15) is 38.1 Å². The summed E-state index contributed by atoms with van der Waals surface area (Å²) in [6, 6.07) is 1.26. The Kier molecular flexibility index (Phi) is 4.75. The van der Waals surface area contributed by atoms with Crippen molar-refractivity contribution in [1.82, 2.24) is 4.98 Å². The predicted octanol–water partition coefficient (Wildman–Crippen LogP) is 2.69. The van der Waals surface area contributed by atoms with Crippen LogP contribution in [0.5, 0.6) is 0 Å². The molecule has 20 heavy (non-hydrogen) atoms. The molecule has 0 fully saturated rings. The molecule has 112 valence electrons. The molecule has 0 amide bonds. The second kappa shape index (κ2) is 5.78. The molecule has 0 saturated heterocycles. The summed E-state index contributed by atoms with van der Waals surface area (Å²) in [4.78, 5) is 15.1. The first-order valence-electron chi connectivity index (χ1n) is 6.06. The Bertz CT molecular complexity index is 469. The third-order valence-corrected chi connectivity index (χ3v) is 3.01. The van der Waals surface area contributed by atoms with Crippen molar-refractivity contribution in [3.8, 4) is 0 Å². The van der Waals surface area contributed by atoms with E-state index in [-0.39, 0.29) is 6.61 Å². The van der Waals surface area contributed by atoms with E-state index in [2.05, 4.69) is 4.98 Å². The fraction of sp³-hybridized carbons (Fsp3) is 0.538. The zero-order valence-electron chi connectivity index (χ0n) is 11.5. The first kappa shape index (κ1) is 16.4. The van der Waals surface area contributed by atoms with Gasteiger partial charge in [0.25, 0.3) is 0 Å². The van der Waals surface area contributed by atoms with Crippen LogP contribution in [0.25, 0.3) is 0 Å². The van der Waals surface area contributed by atoms with Gasteiger partial charge in [-0.15, -0.1) is 0 Å². The second-order valence-electron chi connectivity index (χ2n) is 4.89. The maximum atomic E-state index is 12.4. The maximum Gasteiger partial charge on any atom is 0.433 e. The van der Waals surface area contributed by atoms with E-state index in [4.69, 9.17) is 10.5 Å². The van der Waals surface area contributed by atoms with Crippen molar-refractivity contribution in [1.29, 1.82) is 0 Å². The van der Waals surface area contributed by atoms with Gasteiger partial charge in [-0.05, 0) is 32.4 Å². The van der Waals surface area contributed by atoms with Crippen LogP contribution in [0.2, 0.25) is 0 Å². The summed E-state index contributed by atoms with van der Waals surface area (Å²) >= 11 is 0. The summed E-state index contributed by atoms with van der Waals surface area (Å²) in [5.74, 6) is -0.507. The van der Waals surface area contributed by atoms with E-state index in [1.165, 1.54) is 6.07 Å². The Morgan fingerprint density at radius 1 is 1.40 bits per heavy atom. The van der Waals surface area contributed by atoms with E-state index in [1.54, 1.807) is 20.8 Å². The number of carbonyl (C=O) groups is 1. The Balaban J connectivity index is 2.97. The van der Waals surface area contributed by atoms with Crippen molar-refractivity contribution in [2.45, 2.75) is 33.0 Å². The fourth-order valence-corrected chi connectivity index (χ4v) is 1.62. The van der Waals surface area contributed by atoms with E-state index in [0.29, 0.717) is 5.56 Å². The Morgan fingerprint density at radius 2 is 2.00 bits per heavy atom. The average molecular weight is 290 g/mol. The highest BCUT2D eigenvalue weighted by Crippen LogP contribution is 2.34. The summed E-state index contributed by atoms with van der Waals surface area (Å²) in [5, 5.41) is 0. The minimum absolute atomic E-state index is 0.209. The molecule has 1 rings (SSSR count). The molecule has 0 aromatic carbocycles. The fourth-order valence-electron chi connectivity index (χ4n) is 1.62. The summed E-state index contributed by atoms with van der Waals surface area (Å²) in [7, 11) is 0. The Morgan fingerprint density at radius 3 is 2.40 bits per heavy atom. The molecule has 4 nitrogen and oxygen atoms in total. The van der Waals surface area contributed by atoms with Gasteiger partial charge < -0.3 is 10.5 Å². The molecule has 0 bridgehead atoms. The molecule has 1 atom stereocenters. The van der Waals surface area contributed by atoms with E-state index >= 15 is 0 Å². The molecule has 0 aliphatic carbocycles. The molecular formula is C13H17F3N2O2. The van der Waals surface area contributed by atoms with Gasteiger partial charge in [-0.3, -0.25) is 9.78 Å². The predicted molar refractivity (Wildman–Crippen MR) is 66.6 cm³/mol. The zero-order valence-corrected chi connectivity index (χ0v) is 11.5. The summed E-state index contributed by atoms with van der Waals surface area (Å²) in [5.41, 5.74) is 4.23. The van der Waals surface area contributed by atoms with Gasteiger partial charge in [-0.1, -0.05) is 6.07 Å². The highest BCUT2D eigenvalue weighted by atomic mass is 19.4. The van der Waals surface area contributed by atoms with Gasteiger partial charge >= 0.3 is 12.1 Å². The van der Waals surface area contributed by atoms with Gasteiger partial charge in [0, 0.05) is 12.2 Å². The molecule has 0 aliphatic rings. The van der Waals surface area contributed by atoms with E-state index in [0.717, 1.165) is 12.3 Å². The molecule has 1 aromatic rings. The lowest BCUT2D eigenvalue weighted by Crippen LogP contribution is -2.38. The number of hydrogen-bond donors (Lipinski definition) is 1. The molecule has 2 N–H and O–H groups in total. The van der Waals surface area contributed by atoms with Gasteiger partial charge in [0.2, 0.25) is 0 Å². The minimum Gasteiger partial charge on any atom is -0.466 e. The number of carbonyl (C=O) groups excluding carboxylic acids is 1. The summed E-state index contributed by atoms with van der Waals surface area (Å²) in [6.45, 7) is 5.03. The first-order chi connectivity index (χ1) is 9.10. The van der Waals surface area contributed by atoms with Crippen molar-refractivity contribution in [3.05, 3.63) is 29.6 Å². The topological polar surface area (TPSA) is 65.2 Å². The van der Waals surface area contributed by atoms with Gasteiger partial charge in [-0.2, -0.15) is 13.2 Å². The third-order valence-electron chi connectivity index (χ3n) is 3.01. The molecule has 1 heterocycles. The molecule has 0 spiro atoms. The van der Waals surface area contributed by atoms with Gasteiger partial charge in [0.15, 0.2) is 0 Å². The standard InChI is InChI=1S/C13H17F3N2O2/c1-4-20-11(19)12(2,3)10(17)8-5-6-9(18-7-8)13(14,15)16/h5-7,10H,4,17H2,1-3H3. The molecule has 0 aliphatic heterocycles. The second-order valence-corrected chi connectivity index (χ2v) is 4.89. The number of pyridine rings is 1. The number of ether oxygens (including phenoxy) is 1. The largest absolute Gasteiger partial charge is 0.466 e. The van der Waals surface area contributed by atoms with Crippen LogP contribution < -0.4 is 5.73 Å². The van der Waals surface area contributed by atoms with Crippen molar-refractivity contribution in [2.24, 2.45) is 11.1 Å². The number of nitrogens with zero attached hydrogens (tertiary/aromatic N) is 1. The molecular weight excluding hydrogens is 273 g/mol. The van der Waals surface area contributed by atoms with Crippen molar-refractivity contribution < 1.29 is 22.7 Å². The normalized spacial score (nSPS) is 13.9. The third kappa shape index (κ3) is 3.47. The van der Waals surface area contributed by atoms with Gasteiger partial charge in [-0.25, -0.2) is 0 Å². The lowest BCUT2D eigenvalue weighted by atomic mass is 9.81. The highest BCUT2D eigenvalue weighted by Gasteiger charge is 2.38. The smallest absolute Gasteiger partial charge is 0.433 e. The highest BCUT2D eigenvalue weighted by molar-refractivity contribution is 5.77. The van der Waals surface area contributed by atoms with Crippen LogP contribution >= 0.6 is 0 Å². The van der Waals surface area contributed by atoms with Crippen LogP contribution in [-0.4, -0.2) is 17.6 Å². The monoisotopic (exact) mass is 290 g/mol. The SMILES string of the molecule is CCOC(=O)C(C)(C)C(N)c1ccc(C(F)(F)F)nc1. The zero-order chi connectivity index (χ0) is 15.6. The molecule has 7 heteroatoms. The number of nitrogens with two attached hydrogens (primary N) is 1. The van der Waals surface area contributed by atoms with Crippen LogP contribution in [0.15, 0.2) is 18.3 Å². The number of alkyl halides is 3. The minimum atomic E-state index is -4.50. The molecule has 0 radical (unpaired) electrons. The quantitative estimate of drug-likeness (QED) is 0.866. The number of hydrogen-bond acceptors (Lipinski definition) is 4. The molecule has 1 aromatic heterocycles. The van der Waals surface area contributed by atoms with Crippen molar-refractivity contribution in [3.63, 3.8) is 0 Å². The summed E-state index contributed by atoms with van der Waals surface area (Å²) in [6.07, 6.45) is -3.46. The average Bonchev–Trinajstić information content (AvgIpc) is 2.37. The van der Waals surface area contributed by atoms with Crippen LogP contribution in [0, 0.1) is 5.41 Å². The van der Waals surface area contributed by atoms with Gasteiger partial charge in [0.1, 0.15) is 5.69 Å². The Hall–Kier alpha value is -1.63. The number of halogens is 3. The maximum absolute atomic E-state index is 12.4. The lowest BCUT2D eigenvalue weighted by molar-refractivity contribution is -0.154. The lowest BCUT2D eigenvalue weighted by Gasteiger charge is -2.29. The van der Waals surface area contributed by atoms with Gasteiger partial charge in [0.05, 0.1) is 12.0 Å². The van der Waals surface area contributed by atoms with E-state index < -0.39 is 29.3 Å². The number of esters is 1. The first-order valence-corrected chi connectivity index (χ1v) is 6.06.